The molecule has 0 radical (unpaired) electrons. The van der Waals surface area contributed by atoms with Crippen LogP contribution < -0.4 is 21.3 Å². The van der Waals surface area contributed by atoms with Crippen LogP contribution in [0.5, 0.6) is 0 Å². The molecule has 0 spiro atoms. The Kier molecular flexibility index (Phi) is 9.59. The first-order valence-electron chi connectivity index (χ1n) is 12.3. The second kappa shape index (κ2) is 13.0. The summed E-state index contributed by atoms with van der Waals surface area (Å²) in [4.78, 5) is 49.2. The quantitative estimate of drug-likeness (QED) is 0.257. The number of carboxylic acid groups (broad SMARTS) is 1. The van der Waals surface area contributed by atoms with Crippen molar-refractivity contribution in [3.8, 4) is 0 Å². The van der Waals surface area contributed by atoms with E-state index in [4.69, 9.17) is 5.11 Å². The Morgan fingerprint density at radius 1 is 0.816 bits per heavy atom. The number of hydrogen-bond donors (Lipinski definition) is 5. The van der Waals surface area contributed by atoms with Gasteiger partial charge in [0.25, 0.3) is 0 Å². The molecule has 3 rings (SSSR count). The summed E-state index contributed by atoms with van der Waals surface area (Å²) in [5.74, 6) is -1.72. The minimum atomic E-state index is -1.10. The molecule has 0 saturated heterocycles. The van der Waals surface area contributed by atoms with Crippen molar-refractivity contribution in [2.45, 2.75) is 39.7 Å². The molecule has 9 nitrogen and oxygen atoms in total. The number of nitrogens with one attached hydrogen (secondary N) is 4. The standard InChI is InChI=1S/C29H32N4O5/c1-18(2)15-25(27(35)30-23-9-6-8-21(17-23)28(36)37)32-26(34)16-20-11-13-22(14-12-20)31-29(38)33-24-10-5-4-7-19(24)3/h4-14,17-18,25H,15-16H2,1-3H3,(H,30,35)(H,32,34)(H,36,37)(H2,31,33,38)/t25-/m0/s1. The van der Waals surface area contributed by atoms with E-state index in [0.717, 1.165) is 5.56 Å². The number of urea groups is 1. The van der Waals surface area contributed by atoms with E-state index in [2.05, 4.69) is 21.3 Å². The van der Waals surface area contributed by atoms with Gasteiger partial charge in [0.05, 0.1) is 12.0 Å². The van der Waals surface area contributed by atoms with Crippen molar-refractivity contribution in [3.63, 3.8) is 0 Å². The van der Waals surface area contributed by atoms with Crippen molar-refractivity contribution < 1.29 is 24.3 Å². The van der Waals surface area contributed by atoms with Crippen molar-refractivity contribution >= 4 is 40.9 Å². The van der Waals surface area contributed by atoms with Crippen molar-refractivity contribution in [3.05, 3.63) is 89.5 Å². The summed E-state index contributed by atoms with van der Waals surface area (Å²) in [7, 11) is 0. The number of carboxylic acids is 1. The lowest BCUT2D eigenvalue weighted by Crippen LogP contribution is -2.45. The topological polar surface area (TPSA) is 137 Å². The van der Waals surface area contributed by atoms with Gasteiger partial charge in [-0.3, -0.25) is 9.59 Å². The molecule has 0 aromatic heterocycles. The zero-order valence-electron chi connectivity index (χ0n) is 21.6. The van der Waals surface area contributed by atoms with Crippen LogP contribution in [-0.4, -0.2) is 35.0 Å². The molecule has 3 aromatic carbocycles. The minimum absolute atomic E-state index is 0.0477. The van der Waals surface area contributed by atoms with Gasteiger partial charge < -0.3 is 26.4 Å². The molecule has 0 heterocycles. The van der Waals surface area contributed by atoms with E-state index in [0.29, 0.717) is 29.0 Å². The molecule has 0 aliphatic carbocycles. The number of benzene rings is 3. The summed E-state index contributed by atoms with van der Waals surface area (Å²) in [5, 5.41) is 20.2. The molecule has 38 heavy (non-hydrogen) atoms. The monoisotopic (exact) mass is 516 g/mol. The first-order valence-corrected chi connectivity index (χ1v) is 12.3. The fourth-order valence-corrected chi connectivity index (χ4v) is 3.80. The second-order valence-corrected chi connectivity index (χ2v) is 9.39. The first-order chi connectivity index (χ1) is 18.1. The van der Waals surface area contributed by atoms with Crippen LogP contribution in [-0.2, 0) is 16.0 Å². The fraction of sp³-hybridized carbons (Fsp3) is 0.241. The Morgan fingerprint density at radius 3 is 2.18 bits per heavy atom. The molecule has 4 amide bonds. The maximum atomic E-state index is 12.9. The van der Waals surface area contributed by atoms with Gasteiger partial charge in [0.1, 0.15) is 6.04 Å². The van der Waals surface area contributed by atoms with Crippen LogP contribution in [0.25, 0.3) is 0 Å². The van der Waals surface area contributed by atoms with E-state index >= 15 is 0 Å². The molecule has 1 atom stereocenters. The highest BCUT2D eigenvalue weighted by atomic mass is 16.4. The van der Waals surface area contributed by atoms with Crippen LogP contribution in [0, 0.1) is 12.8 Å². The van der Waals surface area contributed by atoms with E-state index in [1.54, 1.807) is 36.4 Å². The number of rotatable bonds is 10. The summed E-state index contributed by atoms with van der Waals surface area (Å²) in [6, 6.07) is 19.1. The van der Waals surface area contributed by atoms with E-state index in [9.17, 15) is 19.2 Å². The summed E-state index contributed by atoms with van der Waals surface area (Å²) in [5.41, 5.74) is 3.34. The highest BCUT2D eigenvalue weighted by Gasteiger charge is 2.22. The van der Waals surface area contributed by atoms with Crippen molar-refractivity contribution in [2.24, 2.45) is 5.92 Å². The maximum Gasteiger partial charge on any atom is 0.335 e. The highest BCUT2D eigenvalue weighted by Crippen LogP contribution is 2.16. The predicted octanol–water partition coefficient (Wildman–Crippen LogP) is 5.05. The number of hydrogen-bond acceptors (Lipinski definition) is 4. The lowest BCUT2D eigenvalue weighted by atomic mass is 10.0. The van der Waals surface area contributed by atoms with Crippen LogP contribution in [0.4, 0.5) is 21.9 Å². The van der Waals surface area contributed by atoms with Gasteiger partial charge in [0, 0.05) is 17.1 Å². The zero-order valence-corrected chi connectivity index (χ0v) is 21.6. The molecule has 0 bridgehead atoms. The Hall–Kier alpha value is -4.66. The van der Waals surface area contributed by atoms with Gasteiger partial charge in [-0.2, -0.15) is 0 Å². The molecule has 0 saturated carbocycles. The molecule has 0 aliphatic rings. The summed E-state index contributed by atoms with van der Waals surface area (Å²) in [6.45, 7) is 5.79. The van der Waals surface area contributed by atoms with Gasteiger partial charge in [-0.1, -0.05) is 50.2 Å². The zero-order chi connectivity index (χ0) is 27.7. The largest absolute Gasteiger partial charge is 0.478 e. The molecule has 0 aliphatic heterocycles. The van der Waals surface area contributed by atoms with Crippen molar-refractivity contribution in [1.82, 2.24) is 5.32 Å². The third-order valence-corrected chi connectivity index (χ3v) is 5.71. The van der Waals surface area contributed by atoms with Crippen LogP contribution in [0.2, 0.25) is 0 Å². The van der Waals surface area contributed by atoms with Gasteiger partial charge in [0.15, 0.2) is 0 Å². The molecule has 9 heteroatoms. The number of para-hydroxylation sites is 1. The summed E-state index contributed by atoms with van der Waals surface area (Å²) < 4.78 is 0. The molecule has 5 N–H and O–H groups in total. The number of carbonyl (C=O) groups is 4. The van der Waals surface area contributed by atoms with E-state index in [-0.39, 0.29) is 29.8 Å². The van der Waals surface area contributed by atoms with Gasteiger partial charge in [0.2, 0.25) is 11.8 Å². The van der Waals surface area contributed by atoms with E-state index < -0.39 is 17.9 Å². The smallest absolute Gasteiger partial charge is 0.335 e. The van der Waals surface area contributed by atoms with Crippen LogP contribution in [0.3, 0.4) is 0 Å². The van der Waals surface area contributed by atoms with Crippen LogP contribution >= 0.6 is 0 Å². The first kappa shape index (κ1) is 27.9. The third-order valence-electron chi connectivity index (χ3n) is 5.71. The molecular weight excluding hydrogens is 484 g/mol. The summed E-state index contributed by atoms with van der Waals surface area (Å²) >= 11 is 0. The number of carbonyl (C=O) groups excluding carboxylic acids is 3. The molecule has 198 valence electrons. The number of amides is 4. The summed E-state index contributed by atoms with van der Waals surface area (Å²) in [6.07, 6.45) is 0.459. The molecular formula is C29H32N4O5. The van der Waals surface area contributed by atoms with Gasteiger partial charge in [-0.05, 0) is 66.8 Å². The average molecular weight is 517 g/mol. The Balaban J connectivity index is 1.57. The van der Waals surface area contributed by atoms with Crippen LogP contribution in [0.15, 0.2) is 72.8 Å². The van der Waals surface area contributed by atoms with E-state index in [1.165, 1.54) is 12.1 Å². The van der Waals surface area contributed by atoms with Gasteiger partial charge in [-0.25, -0.2) is 9.59 Å². The number of aryl methyl sites for hydroxylation is 1. The minimum Gasteiger partial charge on any atom is -0.478 e. The number of aromatic carboxylic acids is 1. The molecule has 0 fully saturated rings. The fourth-order valence-electron chi connectivity index (χ4n) is 3.80. The maximum absolute atomic E-state index is 12.9. The van der Waals surface area contributed by atoms with Gasteiger partial charge in [-0.15, -0.1) is 0 Å². The Bertz CT molecular complexity index is 1300. The normalized spacial score (nSPS) is 11.4. The lowest BCUT2D eigenvalue weighted by Gasteiger charge is -2.20. The Morgan fingerprint density at radius 2 is 1.53 bits per heavy atom. The predicted molar refractivity (Wildman–Crippen MR) is 147 cm³/mol. The third kappa shape index (κ3) is 8.48. The van der Waals surface area contributed by atoms with Crippen LogP contribution in [0.1, 0.15) is 41.8 Å². The highest BCUT2D eigenvalue weighted by molar-refractivity contribution is 6.00. The Labute approximate surface area is 221 Å². The second-order valence-electron chi connectivity index (χ2n) is 9.39. The average Bonchev–Trinajstić information content (AvgIpc) is 2.86. The molecule has 0 unspecified atom stereocenters. The number of anilines is 3. The van der Waals surface area contributed by atoms with Gasteiger partial charge >= 0.3 is 12.0 Å². The van der Waals surface area contributed by atoms with Crippen molar-refractivity contribution in [1.29, 1.82) is 0 Å². The molecule has 3 aromatic rings. The van der Waals surface area contributed by atoms with Crippen molar-refractivity contribution in [2.75, 3.05) is 16.0 Å². The van der Waals surface area contributed by atoms with E-state index in [1.807, 2.05) is 45.0 Å². The lowest BCUT2D eigenvalue weighted by molar-refractivity contribution is -0.126. The SMILES string of the molecule is Cc1ccccc1NC(=O)Nc1ccc(CC(=O)N[C@@H](CC(C)C)C(=O)Nc2cccc(C(=O)O)c2)cc1.